The van der Waals surface area contributed by atoms with Crippen LogP contribution in [-0.2, 0) is 53.7 Å². The van der Waals surface area contributed by atoms with E-state index in [1.165, 1.54) is 64.4 Å². The first kappa shape index (κ1) is 97.3. The molecule has 2 atom stereocenters. The van der Waals surface area contributed by atoms with Crippen molar-refractivity contribution in [1.82, 2.24) is 35.1 Å². The zero-order chi connectivity index (χ0) is 88.1. The van der Waals surface area contributed by atoms with Crippen molar-refractivity contribution in [2.24, 2.45) is 0 Å². The molecule has 35 heteroatoms. The summed E-state index contributed by atoms with van der Waals surface area (Å²) >= 11 is 3.09. The van der Waals surface area contributed by atoms with Gasteiger partial charge in [0.1, 0.15) is 22.2 Å². The first-order valence-electron chi connectivity index (χ1n) is 40.5. The van der Waals surface area contributed by atoms with Crippen molar-refractivity contribution >= 4 is 151 Å². The van der Waals surface area contributed by atoms with Crippen LogP contribution in [0.3, 0.4) is 0 Å². The number of nitrogens with one attached hydrogen (secondary N) is 7. The van der Waals surface area contributed by atoms with Crippen LogP contribution in [0.2, 0.25) is 0 Å². The first-order chi connectivity index (χ1) is 59.0. The van der Waals surface area contributed by atoms with Crippen molar-refractivity contribution in [2.75, 3.05) is 53.4 Å². The minimum atomic E-state index is -0.506. The van der Waals surface area contributed by atoms with Crippen LogP contribution in [0, 0.1) is 63.4 Å². The summed E-state index contributed by atoms with van der Waals surface area (Å²) in [6, 6.07) is 30.8. The number of aliphatic hydroxyl groups is 1. The summed E-state index contributed by atoms with van der Waals surface area (Å²) in [6.45, 7) is 10.2. The second kappa shape index (κ2) is 44.9. The van der Waals surface area contributed by atoms with E-state index in [9.17, 15) is 65.0 Å². The second-order valence-electron chi connectivity index (χ2n) is 31.0. The molecular formula is C90H104N13O19PdS2-. The van der Waals surface area contributed by atoms with Crippen LogP contribution >= 0.6 is 23.1 Å². The molecule has 11 aromatic rings. The third kappa shape index (κ3) is 25.6. The molecule has 6 aromatic heterocycles. The molecule has 125 heavy (non-hydrogen) atoms. The van der Waals surface area contributed by atoms with Gasteiger partial charge in [0, 0.05) is 233 Å². The van der Waals surface area contributed by atoms with Crippen molar-refractivity contribution in [3.63, 3.8) is 0 Å². The maximum absolute atomic E-state index is 12.3. The number of ketones is 2. The molecule has 8 N–H and O–H groups in total. The van der Waals surface area contributed by atoms with Gasteiger partial charge in [-0.2, -0.15) is 0 Å². The van der Waals surface area contributed by atoms with E-state index >= 15 is 0 Å². The van der Waals surface area contributed by atoms with Crippen LogP contribution < -0.4 is 5.32 Å². The number of allylic oxidation sites excluding steroid dienone is 5. The number of ether oxygens (including phenoxy) is 5. The van der Waals surface area contributed by atoms with Crippen molar-refractivity contribution in [1.29, 1.82) is 5.41 Å². The largest absolute Gasteiger partial charge is 0.444 e. The SMILES string of the molecule is CCO.CN(C(=O)OC(C)(C)C)C1CC=C(c2c[nH]c3cc([N+](=O)[O-])ccc23)CC1.CNC1CC=C(c2c[nH]c3cc([N+](=O)[O-])ccc23)CC1.CSC(=N)c1cccs1.O=C1CC=C(c2c[nH]c3cc([N+](=O)[O-])ccc23)CC1.O=C1CCC2(CC1)OCCO2.O=[N+]([O-])c1ccc2c(C3=CCC4(CC3)OCCO4)c[nH]c2c1.O=[N+]([O-])c1ccc2cc[nH]c2c1.[CH3-].[Pd]. The van der Waals surface area contributed by atoms with Crippen LogP contribution in [-0.4, -0.2) is 165 Å². The monoisotopic (exact) mass is 1840 g/mol. The number of aliphatic hydroxyl groups excluding tert-OH is 1. The molecule has 0 radical (unpaired) electrons. The second-order valence-corrected chi connectivity index (χ2v) is 32.8. The fourth-order valence-electron chi connectivity index (χ4n) is 15.3. The number of aromatic amines is 5. The number of benzene rings is 5. The number of nitrogens with zero attached hydrogens (tertiary/aromatic N) is 6. The van der Waals surface area contributed by atoms with Gasteiger partial charge in [0.15, 0.2) is 11.6 Å². The summed E-state index contributed by atoms with van der Waals surface area (Å²) < 4.78 is 27.8. The Labute approximate surface area is 743 Å². The molecule has 2 unspecified atom stereocenters. The maximum Gasteiger partial charge on any atom is 0.410 e. The van der Waals surface area contributed by atoms with Crippen LogP contribution in [0.1, 0.15) is 158 Å². The van der Waals surface area contributed by atoms with E-state index in [0.29, 0.717) is 69.0 Å². The number of Topliss-reactive ketones (excluding diaryl/α,β-unsaturated/α-hetero) is 2. The molecule has 2 spiro atoms. The van der Waals surface area contributed by atoms with Gasteiger partial charge in [0.05, 0.1) is 83.5 Å². The number of thiophene rings is 1. The zero-order valence-corrected chi connectivity index (χ0v) is 74.0. The molecule has 2 saturated heterocycles. The number of non-ortho nitro benzene ring substituents is 5. The Bertz CT molecular complexity index is 5770. The Morgan fingerprint density at radius 1 is 0.568 bits per heavy atom. The number of rotatable bonds is 12. The van der Waals surface area contributed by atoms with E-state index in [4.69, 9.17) is 34.2 Å². The number of aromatic nitrogens is 5. The summed E-state index contributed by atoms with van der Waals surface area (Å²) in [7, 11) is 3.77. The molecule has 666 valence electrons. The van der Waals surface area contributed by atoms with E-state index in [1.807, 2.05) is 101 Å². The average Bonchev–Trinajstić information content (AvgIpc) is 1.64. The van der Waals surface area contributed by atoms with E-state index in [2.05, 4.69) is 48.5 Å². The predicted octanol–water partition coefficient (Wildman–Crippen LogP) is 20.5. The van der Waals surface area contributed by atoms with Crippen molar-refractivity contribution in [3.8, 4) is 0 Å². The van der Waals surface area contributed by atoms with Crippen LogP contribution in [0.4, 0.5) is 33.2 Å². The molecule has 7 aliphatic rings. The van der Waals surface area contributed by atoms with Gasteiger partial charge in [-0.3, -0.25) is 65.6 Å². The summed E-state index contributed by atoms with van der Waals surface area (Å²) in [5.41, 5.74) is 13.2. The molecule has 5 aromatic carbocycles. The first-order valence-corrected chi connectivity index (χ1v) is 42.6. The summed E-state index contributed by atoms with van der Waals surface area (Å²) in [4.78, 5) is 104. The number of fused-ring (bicyclic) bond motifs is 5. The third-order valence-corrected chi connectivity index (χ3v) is 23.5. The van der Waals surface area contributed by atoms with E-state index in [0.717, 1.165) is 159 Å². The Kier molecular flexibility index (Phi) is 35.0. The Balaban J connectivity index is 0.000000168. The quantitative estimate of drug-likeness (QED) is 0.0141. The number of nitro groups is 5. The molecule has 2 aliphatic heterocycles. The zero-order valence-electron chi connectivity index (χ0n) is 70.8. The van der Waals surface area contributed by atoms with Crippen molar-refractivity contribution in [2.45, 2.75) is 160 Å². The van der Waals surface area contributed by atoms with Crippen molar-refractivity contribution < 1.29 is 88.2 Å². The fourth-order valence-corrected chi connectivity index (χ4v) is 16.6. The summed E-state index contributed by atoms with van der Waals surface area (Å²) in [5, 5.41) is 79.6. The predicted molar refractivity (Wildman–Crippen MR) is 484 cm³/mol. The van der Waals surface area contributed by atoms with Gasteiger partial charge in [-0.1, -0.05) is 30.4 Å². The van der Waals surface area contributed by atoms with Crippen molar-refractivity contribution in [3.05, 3.63) is 255 Å². The third-order valence-electron chi connectivity index (χ3n) is 21.9. The van der Waals surface area contributed by atoms with Gasteiger partial charge >= 0.3 is 6.09 Å². The van der Waals surface area contributed by atoms with Gasteiger partial charge in [-0.25, -0.2) is 4.79 Å². The maximum atomic E-state index is 12.3. The fraction of sp³-hybridized carbons (Fsp3) is 0.367. The van der Waals surface area contributed by atoms with E-state index in [1.54, 1.807) is 84.9 Å². The standard InChI is InChI=1S/C20H25N3O4.C16H16N2O4.C15H17N3O2.C14H12N2O3.C8H6N2O2.C8H12O3.C6H7NS2.C2H6O.CH3.Pd/c1-20(2,3)27-19(24)22(4)14-7-5-13(6-8-14)17-12-21-18-11-15(23(25)26)9-10-16(17)18;19-18(20)12-1-2-13-14(10-17-15(13)9-12)11-3-5-16(6-4-11)21-7-8-22-16;1-16-11-4-2-10(3-5-11)14-9-17-15-8-12(18(19)20)6-7-13(14)15;17-11-4-1-9(2-5-11)13-8-15-14-7-10(16(18)19)3-6-12(13)14;11-10(12)7-2-1-6-3-4-9-8(6)5-7;9-7-1-3-8(4-2-7)10-5-6-11-8;1-8-6(7)5-3-2-4-9-5;1-2-3;;/h5,9-12,14,21H,6-8H2,1-4H3;1-3,9-10,17H,4-8H2;2,6-9,11,16-17H,3-5H2,1H3;1,3,6-8,15H,2,4-5H2;1-5,9H;1-6H2;2-4,7H,1H3;3H,2H2,1H3;1H3;/q;;;;;;;;-1;. The number of carbonyl (C=O) groups is 3. The number of amides is 1. The number of H-pyrrole nitrogens is 5. The Morgan fingerprint density at radius 3 is 1.35 bits per heavy atom. The minimum Gasteiger partial charge on any atom is -0.444 e. The molecule has 18 rings (SSSR count). The van der Waals surface area contributed by atoms with Gasteiger partial charge in [0.2, 0.25) is 0 Å². The van der Waals surface area contributed by atoms with Gasteiger partial charge in [-0.05, 0) is 168 Å². The topological polar surface area (TPSA) is 451 Å². The number of carbonyl (C=O) groups excluding carboxylic acids is 3. The van der Waals surface area contributed by atoms with E-state index in [-0.39, 0.29) is 96.4 Å². The van der Waals surface area contributed by atoms with Gasteiger partial charge in [-0.15, -0.1) is 23.1 Å². The Morgan fingerprint density at radius 2 is 0.984 bits per heavy atom. The molecule has 1 amide bonds. The normalized spacial score (nSPS) is 17.2. The smallest absolute Gasteiger partial charge is 0.410 e. The molecular weight excluding hydrogens is 1740 g/mol. The van der Waals surface area contributed by atoms with E-state index < -0.39 is 26.2 Å². The van der Waals surface area contributed by atoms with Crippen LogP contribution in [0.25, 0.3) is 76.8 Å². The number of thioether (sulfide) groups is 1. The molecule has 5 aliphatic carbocycles. The van der Waals surface area contributed by atoms with Crippen LogP contribution in [0.5, 0.6) is 0 Å². The van der Waals surface area contributed by atoms with Gasteiger partial charge in [0.25, 0.3) is 28.4 Å². The molecule has 32 nitrogen and oxygen atoms in total. The molecule has 1 saturated carbocycles. The molecule has 3 fully saturated rings. The number of hydrogen-bond donors (Lipinski definition) is 8. The van der Waals surface area contributed by atoms with Gasteiger partial charge < -0.3 is 71.4 Å². The number of hydrogen-bond acceptors (Lipinski definition) is 23. The minimum absolute atomic E-state index is 0. The molecule has 8 heterocycles. The summed E-state index contributed by atoms with van der Waals surface area (Å²) in [5.74, 6) is -0.184. The summed E-state index contributed by atoms with van der Waals surface area (Å²) in [6.07, 6.45) is 32.2. The van der Waals surface area contributed by atoms with Crippen LogP contribution in [0.15, 0.2) is 170 Å². The average molecular weight is 1840 g/mol. The Hall–Kier alpha value is -11.5. The number of nitro benzene ring substituents is 5. The molecule has 0 bridgehead atoms.